The summed E-state index contributed by atoms with van der Waals surface area (Å²) < 4.78 is 7.60. The van der Waals surface area contributed by atoms with Gasteiger partial charge in [-0.3, -0.25) is 9.59 Å². The van der Waals surface area contributed by atoms with Crippen LogP contribution in [0.25, 0.3) is 11.0 Å². The molecule has 2 aromatic carbocycles. The molecule has 0 fully saturated rings. The molecule has 0 radical (unpaired) electrons. The molecule has 0 saturated carbocycles. The minimum absolute atomic E-state index is 0.00945. The van der Waals surface area contributed by atoms with Gasteiger partial charge in [0, 0.05) is 12.6 Å². The van der Waals surface area contributed by atoms with Crippen LogP contribution in [0.4, 0.5) is 0 Å². The van der Waals surface area contributed by atoms with E-state index in [-0.39, 0.29) is 11.7 Å². The molecule has 0 aliphatic carbocycles. The van der Waals surface area contributed by atoms with Crippen molar-refractivity contribution in [2.24, 2.45) is 7.05 Å². The number of carbonyl (C=O) groups is 2. The lowest BCUT2D eigenvalue weighted by Crippen LogP contribution is -2.36. The van der Waals surface area contributed by atoms with Gasteiger partial charge in [0.15, 0.2) is 11.9 Å². The minimum atomic E-state index is -0.659. The van der Waals surface area contributed by atoms with Crippen molar-refractivity contribution in [1.82, 2.24) is 14.9 Å². The van der Waals surface area contributed by atoms with Crippen LogP contribution >= 0.6 is 0 Å². The first kappa shape index (κ1) is 17.7. The summed E-state index contributed by atoms with van der Waals surface area (Å²) in [6.07, 6.45) is -0.659. The quantitative estimate of drug-likeness (QED) is 0.693. The number of amides is 1. The Kier molecular flexibility index (Phi) is 5.02. The summed E-state index contributed by atoms with van der Waals surface area (Å²) >= 11 is 0. The molecule has 0 aliphatic heterocycles. The smallest absolute Gasteiger partial charge is 0.261 e. The van der Waals surface area contributed by atoms with Gasteiger partial charge in [-0.25, -0.2) is 4.98 Å². The van der Waals surface area contributed by atoms with Crippen molar-refractivity contribution in [1.29, 1.82) is 0 Å². The molecule has 1 N–H and O–H groups in total. The third-order valence-corrected chi connectivity index (χ3v) is 4.24. The zero-order valence-electron chi connectivity index (χ0n) is 15.0. The van der Waals surface area contributed by atoms with E-state index in [0.717, 1.165) is 16.9 Å². The van der Waals surface area contributed by atoms with Crippen molar-refractivity contribution in [3.8, 4) is 5.75 Å². The summed E-state index contributed by atoms with van der Waals surface area (Å²) in [6, 6.07) is 14.6. The minimum Gasteiger partial charge on any atom is -0.481 e. The molecule has 0 spiro atoms. The summed E-state index contributed by atoms with van der Waals surface area (Å²) in [5.41, 5.74) is 2.53. The highest BCUT2D eigenvalue weighted by atomic mass is 16.5. The largest absolute Gasteiger partial charge is 0.481 e. The SMILES string of the molecule is CC(=O)c1ccc(OC(C)C(=O)NCc2nc3ccccc3n2C)cc1. The van der Waals surface area contributed by atoms with Gasteiger partial charge < -0.3 is 14.6 Å². The van der Waals surface area contributed by atoms with Gasteiger partial charge in [-0.05, 0) is 50.2 Å². The van der Waals surface area contributed by atoms with Gasteiger partial charge in [-0.2, -0.15) is 0 Å². The predicted molar refractivity (Wildman–Crippen MR) is 99.1 cm³/mol. The first-order chi connectivity index (χ1) is 12.5. The van der Waals surface area contributed by atoms with Crippen molar-refractivity contribution < 1.29 is 14.3 Å². The molecule has 1 unspecified atom stereocenters. The number of hydrogen-bond donors (Lipinski definition) is 1. The zero-order chi connectivity index (χ0) is 18.7. The molecule has 26 heavy (non-hydrogen) atoms. The van der Waals surface area contributed by atoms with Gasteiger partial charge in [0.05, 0.1) is 17.6 Å². The van der Waals surface area contributed by atoms with Gasteiger partial charge >= 0.3 is 0 Å². The summed E-state index contributed by atoms with van der Waals surface area (Å²) in [7, 11) is 1.92. The third-order valence-electron chi connectivity index (χ3n) is 4.24. The number of ketones is 1. The monoisotopic (exact) mass is 351 g/mol. The van der Waals surface area contributed by atoms with E-state index in [0.29, 0.717) is 17.9 Å². The average Bonchev–Trinajstić information content (AvgIpc) is 2.96. The number of hydrogen-bond acceptors (Lipinski definition) is 4. The van der Waals surface area contributed by atoms with Gasteiger partial charge in [-0.1, -0.05) is 12.1 Å². The lowest BCUT2D eigenvalue weighted by Gasteiger charge is -2.15. The Bertz CT molecular complexity index is 945. The molecule has 0 saturated heterocycles. The molecular weight excluding hydrogens is 330 g/mol. The second-order valence-corrected chi connectivity index (χ2v) is 6.13. The molecule has 6 heteroatoms. The Labute approximate surface area is 151 Å². The molecule has 3 aromatic rings. The highest BCUT2D eigenvalue weighted by molar-refractivity contribution is 5.94. The number of para-hydroxylation sites is 2. The average molecular weight is 351 g/mol. The van der Waals surface area contributed by atoms with E-state index in [9.17, 15) is 9.59 Å². The Morgan fingerprint density at radius 3 is 2.50 bits per heavy atom. The molecule has 1 atom stereocenters. The Morgan fingerprint density at radius 1 is 1.15 bits per heavy atom. The van der Waals surface area contributed by atoms with Crippen LogP contribution in [0.1, 0.15) is 30.0 Å². The van der Waals surface area contributed by atoms with E-state index in [4.69, 9.17) is 4.74 Å². The van der Waals surface area contributed by atoms with Crippen molar-refractivity contribution in [3.63, 3.8) is 0 Å². The molecule has 6 nitrogen and oxygen atoms in total. The van der Waals surface area contributed by atoms with E-state index in [2.05, 4.69) is 10.3 Å². The van der Waals surface area contributed by atoms with Crippen LogP contribution < -0.4 is 10.1 Å². The van der Waals surface area contributed by atoms with Crippen LogP contribution in [-0.2, 0) is 18.4 Å². The van der Waals surface area contributed by atoms with Gasteiger partial charge in [0.1, 0.15) is 11.6 Å². The molecule has 134 valence electrons. The van der Waals surface area contributed by atoms with E-state index >= 15 is 0 Å². The summed E-state index contributed by atoms with van der Waals surface area (Å²) in [4.78, 5) is 28.1. The summed E-state index contributed by atoms with van der Waals surface area (Å²) in [6.45, 7) is 3.51. The van der Waals surface area contributed by atoms with Crippen molar-refractivity contribution in [2.45, 2.75) is 26.5 Å². The number of fused-ring (bicyclic) bond motifs is 1. The molecule has 0 aliphatic rings. The summed E-state index contributed by atoms with van der Waals surface area (Å²) in [5, 5.41) is 2.85. The number of rotatable bonds is 6. The molecule has 1 amide bonds. The van der Waals surface area contributed by atoms with Crippen LogP contribution in [0, 0.1) is 0 Å². The lowest BCUT2D eigenvalue weighted by atomic mass is 10.1. The van der Waals surface area contributed by atoms with Crippen LogP contribution in [-0.4, -0.2) is 27.3 Å². The molecule has 1 aromatic heterocycles. The Hall–Kier alpha value is -3.15. The van der Waals surface area contributed by atoms with Crippen LogP contribution in [0.15, 0.2) is 48.5 Å². The van der Waals surface area contributed by atoms with Crippen molar-refractivity contribution in [3.05, 3.63) is 59.9 Å². The standard InChI is InChI=1S/C20H21N3O3/c1-13(24)15-8-10-16(11-9-15)26-14(2)20(25)21-12-19-22-17-6-4-5-7-18(17)23(19)3/h4-11,14H,12H2,1-3H3,(H,21,25). The number of nitrogens with one attached hydrogen (secondary N) is 1. The second kappa shape index (κ2) is 7.39. The maximum Gasteiger partial charge on any atom is 0.261 e. The van der Waals surface area contributed by atoms with Crippen molar-refractivity contribution in [2.75, 3.05) is 0 Å². The topological polar surface area (TPSA) is 73.2 Å². The molecular formula is C20H21N3O3. The number of imidazole rings is 1. The number of aryl methyl sites for hydroxylation is 1. The van der Waals surface area contributed by atoms with E-state index in [1.807, 2.05) is 35.9 Å². The number of Topliss-reactive ketones (excluding diaryl/α,β-unsaturated/α-hetero) is 1. The van der Waals surface area contributed by atoms with Crippen LogP contribution in [0.5, 0.6) is 5.75 Å². The fourth-order valence-electron chi connectivity index (χ4n) is 2.69. The number of carbonyl (C=O) groups excluding carboxylic acids is 2. The molecule has 1 heterocycles. The Balaban J connectivity index is 1.60. The van der Waals surface area contributed by atoms with E-state index < -0.39 is 6.10 Å². The Morgan fingerprint density at radius 2 is 1.85 bits per heavy atom. The summed E-state index contributed by atoms with van der Waals surface area (Å²) in [5.74, 6) is 1.08. The van der Waals surface area contributed by atoms with Crippen molar-refractivity contribution >= 4 is 22.7 Å². The first-order valence-corrected chi connectivity index (χ1v) is 8.41. The lowest BCUT2D eigenvalue weighted by molar-refractivity contribution is -0.127. The zero-order valence-corrected chi connectivity index (χ0v) is 15.0. The maximum atomic E-state index is 12.3. The molecule has 3 rings (SSSR count). The first-order valence-electron chi connectivity index (χ1n) is 8.41. The number of benzene rings is 2. The van der Waals surface area contributed by atoms with Gasteiger partial charge in [-0.15, -0.1) is 0 Å². The highest BCUT2D eigenvalue weighted by Crippen LogP contribution is 2.15. The fourth-order valence-corrected chi connectivity index (χ4v) is 2.69. The fraction of sp³-hybridized carbons (Fsp3) is 0.250. The second-order valence-electron chi connectivity index (χ2n) is 6.13. The van der Waals surface area contributed by atoms with Gasteiger partial charge in [0.2, 0.25) is 0 Å². The number of ether oxygens (including phenoxy) is 1. The highest BCUT2D eigenvalue weighted by Gasteiger charge is 2.16. The maximum absolute atomic E-state index is 12.3. The van der Waals surface area contributed by atoms with E-state index in [1.54, 1.807) is 31.2 Å². The van der Waals surface area contributed by atoms with Gasteiger partial charge in [0.25, 0.3) is 5.91 Å². The third kappa shape index (κ3) is 3.74. The predicted octanol–water partition coefficient (Wildman–Crippen LogP) is 2.86. The van der Waals surface area contributed by atoms with Crippen LogP contribution in [0.3, 0.4) is 0 Å². The normalized spacial score (nSPS) is 12.0. The number of nitrogens with zero attached hydrogens (tertiary/aromatic N) is 2. The number of aromatic nitrogens is 2. The van der Waals surface area contributed by atoms with E-state index in [1.165, 1.54) is 6.92 Å². The van der Waals surface area contributed by atoms with Crippen LogP contribution in [0.2, 0.25) is 0 Å². The molecule has 0 bridgehead atoms.